The number of amidine groups is 1. The van der Waals surface area contributed by atoms with Crippen LogP contribution in [0.5, 0.6) is 0 Å². The number of thioether (sulfide) groups is 1. The first kappa shape index (κ1) is 17.2. The molecule has 0 spiro atoms. The van der Waals surface area contributed by atoms with Crippen molar-refractivity contribution >= 4 is 40.1 Å². The van der Waals surface area contributed by atoms with E-state index in [1.165, 1.54) is 30.6 Å². The molecule has 0 aromatic carbocycles. The molecule has 0 N–H and O–H groups in total. The Bertz CT molecular complexity index is 531. The monoisotopic (exact) mass is 341 g/mol. The van der Waals surface area contributed by atoms with Gasteiger partial charge < -0.3 is 4.90 Å². The number of aromatic nitrogens is 2. The molecule has 0 saturated carbocycles. The van der Waals surface area contributed by atoms with Gasteiger partial charge in [0.05, 0.1) is 6.54 Å². The third-order valence-electron chi connectivity index (χ3n) is 3.32. The number of rotatable bonds is 8. The van der Waals surface area contributed by atoms with E-state index in [0.29, 0.717) is 11.7 Å². The second-order valence-corrected chi connectivity index (χ2v) is 7.58. The normalized spacial score (nSPS) is 17.0. The Morgan fingerprint density at radius 3 is 2.82 bits per heavy atom. The standard InChI is InChI=1S/C14H23N5OS2/c1-4-6-7-8-9-15-11-10-18(3)14(20)19(11)12-16-17-13(22-12)21-5-2/h4-10H2,1-3H3. The van der Waals surface area contributed by atoms with Gasteiger partial charge in [-0.05, 0) is 12.2 Å². The minimum absolute atomic E-state index is 0.0727. The molecule has 2 amide bonds. The summed E-state index contributed by atoms with van der Waals surface area (Å²) in [4.78, 5) is 20.2. The number of anilines is 1. The predicted molar refractivity (Wildman–Crippen MR) is 93.3 cm³/mol. The molecular formula is C14H23N5OS2. The largest absolute Gasteiger partial charge is 0.332 e. The number of unbranched alkanes of at least 4 members (excludes halogenated alkanes) is 3. The summed E-state index contributed by atoms with van der Waals surface area (Å²) in [6, 6.07) is -0.0727. The number of hydrogen-bond donors (Lipinski definition) is 0. The molecule has 0 radical (unpaired) electrons. The van der Waals surface area contributed by atoms with Crippen molar-refractivity contribution in [2.45, 2.75) is 43.9 Å². The van der Waals surface area contributed by atoms with E-state index in [0.717, 1.165) is 28.9 Å². The van der Waals surface area contributed by atoms with Crippen LogP contribution >= 0.6 is 23.1 Å². The summed E-state index contributed by atoms with van der Waals surface area (Å²) in [7, 11) is 1.79. The van der Waals surface area contributed by atoms with Gasteiger partial charge in [0.2, 0.25) is 5.13 Å². The van der Waals surface area contributed by atoms with Crippen molar-refractivity contribution in [1.82, 2.24) is 15.1 Å². The Morgan fingerprint density at radius 2 is 2.09 bits per heavy atom. The van der Waals surface area contributed by atoms with Gasteiger partial charge in [-0.3, -0.25) is 4.99 Å². The zero-order valence-corrected chi connectivity index (χ0v) is 15.0. The summed E-state index contributed by atoms with van der Waals surface area (Å²) in [6.45, 7) is 5.58. The Kier molecular flexibility index (Phi) is 6.63. The Balaban J connectivity index is 2.07. The average molecular weight is 342 g/mol. The summed E-state index contributed by atoms with van der Waals surface area (Å²) in [5.41, 5.74) is 0. The van der Waals surface area contributed by atoms with Crippen molar-refractivity contribution in [2.75, 3.05) is 30.8 Å². The van der Waals surface area contributed by atoms with Crippen LogP contribution in [0, 0.1) is 0 Å². The van der Waals surface area contributed by atoms with E-state index >= 15 is 0 Å². The van der Waals surface area contributed by atoms with Crippen LogP contribution in [0.1, 0.15) is 39.5 Å². The van der Waals surface area contributed by atoms with Gasteiger partial charge >= 0.3 is 6.03 Å². The van der Waals surface area contributed by atoms with Gasteiger partial charge in [0.1, 0.15) is 5.84 Å². The van der Waals surface area contributed by atoms with E-state index in [2.05, 4.69) is 29.0 Å². The first-order chi connectivity index (χ1) is 10.7. The van der Waals surface area contributed by atoms with Gasteiger partial charge in [0, 0.05) is 13.6 Å². The van der Waals surface area contributed by atoms with Crippen molar-refractivity contribution in [3.63, 3.8) is 0 Å². The highest BCUT2D eigenvalue weighted by molar-refractivity contribution is 8.01. The summed E-state index contributed by atoms with van der Waals surface area (Å²) < 4.78 is 0.891. The Hall–Kier alpha value is -1.15. The maximum absolute atomic E-state index is 12.3. The fourth-order valence-electron chi connectivity index (χ4n) is 2.17. The number of carbonyl (C=O) groups excluding carboxylic acids is 1. The lowest BCUT2D eigenvalue weighted by Crippen LogP contribution is -2.31. The number of aliphatic imine (C=N–C) groups is 1. The zero-order valence-electron chi connectivity index (χ0n) is 13.4. The van der Waals surface area contributed by atoms with Crippen LogP contribution in [0.3, 0.4) is 0 Å². The molecule has 2 rings (SSSR count). The molecule has 0 atom stereocenters. The van der Waals surface area contributed by atoms with Crippen molar-refractivity contribution in [2.24, 2.45) is 4.99 Å². The highest BCUT2D eigenvalue weighted by atomic mass is 32.2. The summed E-state index contributed by atoms with van der Waals surface area (Å²) >= 11 is 3.09. The average Bonchev–Trinajstić information content (AvgIpc) is 3.05. The first-order valence-corrected chi connectivity index (χ1v) is 9.52. The van der Waals surface area contributed by atoms with Gasteiger partial charge in [-0.1, -0.05) is 56.2 Å². The van der Waals surface area contributed by atoms with E-state index in [4.69, 9.17) is 0 Å². The van der Waals surface area contributed by atoms with Gasteiger partial charge in [0.15, 0.2) is 4.34 Å². The van der Waals surface area contributed by atoms with Gasteiger partial charge in [-0.15, -0.1) is 10.2 Å². The summed E-state index contributed by atoms with van der Waals surface area (Å²) in [6.07, 6.45) is 4.71. The van der Waals surface area contributed by atoms with Crippen molar-refractivity contribution in [1.29, 1.82) is 0 Å². The molecule has 1 aromatic rings. The molecule has 22 heavy (non-hydrogen) atoms. The molecule has 8 heteroatoms. The SMILES string of the molecule is CCCCCCN=C1CN(C)C(=O)N1c1nnc(SCC)s1. The molecule has 0 bridgehead atoms. The van der Waals surface area contributed by atoms with Gasteiger partial charge in [0.25, 0.3) is 0 Å². The lowest BCUT2D eigenvalue weighted by Gasteiger charge is -2.11. The lowest BCUT2D eigenvalue weighted by atomic mass is 10.2. The van der Waals surface area contributed by atoms with Crippen LogP contribution in [0.4, 0.5) is 9.93 Å². The third kappa shape index (κ3) is 4.19. The van der Waals surface area contributed by atoms with E-state index in [1.807, 2.05) is 0 Å². The van der Waals surface area contributed by atoms with Crippen LogP contribution in [0.25, 0.3) is 0 Å². The number of likely N-dealkylation sites (N-methyl/N-ethyl adjacent to an activating group) is 1. The smallest absolute Gasteiger partial charge is 0.320 e. The van der Waals surface area contributed by atoms with Crippen LogP contribution in [0.15, 0.2) is 9.33 Å². The highest BCUT2D eigenvalue weighted by Gasteiger charge is 2.35. The van der Waals surface area contributed by atoms with Crippen LogP contribution in [-0.4, -0.2) is 52.9 Å². The van der Waals surface area contributed by atoms with Crippen molar-refractivity contribution < 1.29 is 4.79 Å². The predicted octanol–water partition coefficient (Wildman–Crippen LogP) is 3.50. The van der Waals surface area contributed by atoms with Crippen LogP contribution < -0.4 is 4.90 Å². The van der Waals surface area contributed by atoms with E-state index in [9.17, 15) is 4.79 Å². The third-order valence-corrected chi connectivity index (χ3v) is 5.24. The van der Waals surface area contributed by atoms with Crippen LogP contribution in [-0.2, 0) is 0 Å². The van der Waals surface area contributed by atoms with Crippen LogP contribution in [0.2, 0.25) is 0 Å². The van der Waals surface area contributed by atoms with E-state index < -0.39 is 0 Å². The number of nitrogens with zero attached hydrogens (tertiary/aromatic N) is 5. The summed E-state index contributed by atoms with van der Waals surface area (Å²) in [5, 5.41) is 8.91. The molecule has 1 aliphatic heterocycles. The molecule has 6 nitrogen and oxygen atoms in total. The Morgan fingerprint density at radius 1 is 1.27 bits per heavy atom. The maximum atomic E-state index is 12.3. The minimum atomic E-state index is -0.0727. The first-order valence-electron chi connectivity index (χ1n) is 7.72. The minimum Gasteiger partial charge on any atom is -0.320 e. The highest BCUT2D eigenvalue weighted by Crippen LogP contribution is 2.30. The Labute approximate surface area is 140 Å². The molecule has 2 heterocycles. The van der Waals surface area contributed by atoms with Gasteiger partial charge in [-0.25, -0.2) is 9.69 Å². The van der Waals surface area contributed by atoms with Crippen molar-refractivity contribution in [3.05, 3.63) is 0 Å². The number of amides is 2. The number of hydrogen-bond acceptors (Lipinski definition) is 6. The van der Waals surface area contributed by atoms with Crippen molar-refractivity contribution in [3.8, 4) is 0 Å². The molecule has 122 valence electrons. The molecule has 1 fully saturated rings. The topological polar surface area (TPSA) is 61.7 Å². The number of urea groups is 1. The fraction of sp³-hybridized carbons (Fsp3) is 0.714. The van der Waals surface area contributed by atoms with Gasteiger partial charge in [-0.2, -0.15) is 0 Å². The number of carbonyl (C=O) groups is 1. The molecule has 0 aliphatic carbocycles. The van der Waals surface area contributed by atoms with E-state index in [-0.39, 0.29) is 6.03 Å². The quantitative estimate of drug-likeness (QED) is 0.412. The van der Waals surface area contributed by atoms with E-state index in [1.54, 1.807) is 28.6 Å². The fourth-order valence-corrected chi connectivity index (χ4v) is 3.92. The molecule has 1 aromatic heterocycles. The second kappa shape index (κ2) is 8.47. The molecular weight excluding hydrogens is 318 g/mol. The molecule has 0 unspecified atom stereocenters. The molecule has 1 aliphatic rings. The lowest BCUT2D eigenvalue weighted by molar-refractivity contribution is 0.229. The molecule has 1 saturated heterocycles. The maximum Gasteiger partial charge on any atom is 0.332 e. The summed E-state index contributed by atoms with van der Waals surface area (Å²) in [5.74, 6) is 1.73. The zero-order chi connectivity index (χ0) is 15.9. The second-order valence-electron chi connectivity index (χ2n) is 5.12.